The maximum atomic E-state index is 13.3. The van der Waals surface area contributed by atoms with E-state index in [1.54, 1.807) is 49.6 Å². The molecule has 0 bridgehead atoms. The van der Waals surface area contributed by atoms with Crippen LogP contribution in [-0.2, 0) is 35.0 Å². The first-order valence-corrected chi connectivity index (χ1v) is 23.2. The van der Waals surface area contributed by atoms with E-state index in [1.165, 1.54) is 13.3 Å². The second-order valence-electron chi connectivity index (χ2n) is 16.2. The number of amides is 5. The Hall–Kier alpha value is -6.07. The summed E-state index contributed by atoms with van der Waals surface area (Å²) in [5, 5.41) is 16.7. The van der Waals surface area contributed by atoms with Gasteiger partial charge in [-0.1, -0.05) is 35.3 Å². The lowest BCUT2D eigenvalue weighted by Crippen LogP contribution is -2.54. The van der Waals surface area contributed by atoms with E-state index in [9.17, 15) is 29.2 Å². The Morgan fingerprint density at radius 3 is 2.31 bits per heavy atom. The van der Waals surface area contributed by atoms with Gasteiger partial charge in [0, 0.05) is 69.5 Å². The number of piperidine rings is 1. The first-order chi connectivity index (χ1) is 33.0. The molecule has 0 saturated carbocycles. The number of imide groups is 2. The lowest BCUT2D eigenvalue weighted by atomic mass is 9.99. The summed E-state index contributed by atoms with van der Waals surface area (Å²) in [6.45, 7) is 6.17. The van der Waals surface area contributed by atoms with Gasteiger partial charge in [0.15, 0.2) is 11.5 Å². The van der Waals surface area contributed by atoms with Crippen LogP contribution in [0.25, 0.3) is 10.9 Å². The second kappa shape index (κ2) is 23.8. The average molecular weight is 975 g/mol. The first kappa shape index (κ1) is 49.8. The Morgan fingerprint density at radius 1 is 0.853 bits per heavy atom. The molecule has 0 spiro atoms. The molecule has 3 aliphatic rings. The molecule has 68 heavy (non-hydrogen) atoms. The molecule has 1 unspecified atom stereocenters. The van der Waals surface area contributed by atoms with Crippen LogP contribution in [0.4, 0.5) is 11.4 Å². The van der Waals surface area contributed by atoms with Crippen LogP contribution in [0.2, 0.25) is 10.0 Å². The average Bonchev–Trinajstić information content (AvgIpc) is 3.59. The standard InChI is InChI=1S/C48H53Cl2N7O11/c1-63-39-27-37(34(49)25-35(39)50)53-45-31(28-51)29-52-36-26-41(40(64-2)24-33(36)45)68-18-5-12-55-13-15-56(16-14-55)43(59)11-19-66-21-23-67-22-20-65-17-4-7-30-6-3-8-32-44(30)48(62)57(47(32)61)38-9-10-42(58)54-46(38)60/h3,6,8,24-27,29,38H,4-5,7,9-23H2,1-2H3,(H,52,53)(H,54,58,60). The summed E-state index contributed by atoms with van der Waals surface area (Å²) in [6, 6.07) is 13.1. The minimum atomic E-state index is -1.00. The molecule has 360 valence electrons. The van der Waals surface area contributed by atoms with E-state index < -0.39 is 29.7 Å². The molecule has 1 atom stereocenters. The van der Waals surface area contributed by atoms with Gasteiger partial charge in [-0.25, -0.2) is 0 Å². The predicted octanol–water partition coefficient (Wildman–Crippen LogP) is 5.56. The van der Waals surface area contributed by atoms with Crippen molar-refractivity contribution in [3.63, 3.8) is 0 Å². The molecular weight excluding hydrogens is 921 g/mol. The van der Waals surface area contributed by atoms with Gasteiger partial charge in [0.2, 0.25) is 17.7 Å². The zero-order chi connectivity index (χ0) is 48.2. The molecule has 0 radical (unpaired) electrons. The third-order valence-corrected chi connectivity index (χ3v) is 12.5. The molecule has 20 heteroatoms. The number of nitriles is 1. The minimum Gasteiger partial charge on any atom is -0.495 e. The van der Waals surface area contributed by atoms with E-state index in [1.807, 2.05) is 4.90 Å². The fourth-order valence-electron chi connectivity index (χ4n) is 8.32. The van der Waals surface area contributed by atoms with Crippen molar-refractivity contribution in [2.24, 2.45) is 0 Å². The van der Waals surface area contributed by atoms with Gasteiger partial charge < -0.3 is 38.6 Å². The van der Waals surface area contributed by atoms with Crippen molar-refractivity contribution in [1.82, 2.24) is 25.0 Å². The SMILES string of the molecule is COc1cc(Nc2c(C#N)cnc3cc(OCCCN4CCN(C(=O)CCOCCOCCOCCCc5cccc6c5C(=O)N(C5CCC(=O)NC5=O)C6=O)CC4)c(OC)cc23)c(Cl)cc1Cl. The van der Waals surface area contributed by atoms with Gasteiger partial charge in [0.05, 0.1) is 104 Å². The molecule has 5 amide bonds. The van der Waals surface area contributed by atoms with Gasteiger partial charge in [-0.15, -0.1) is 0 Å². The van der Waals surface area contributed by atoms with Crippen molar-refractivity contribution in [3.05, 3.63) is 81.0 Å². The number of aromatic nitrogens is 1. The number of hydrogen-bond donors (Lipinski definition) is 2. The summed E-state index contributed by atoms with van der Waals surface area (Å²) in [4.78, 5) is 72.8. The normalized spacial score (nSPS) is 16.2. The van der Waals surface area contributed by atoms with Crippen LogP contribution in [-0.4, -0.2) is 148 Å². The summed E-state index contributed by atoms with van der Waals surface area (Å²) >= 11 is 12.7. The highest BCUT2D eigenvalue weighted by atomic mass is 35.5. The molecule has 4 heterocycles. The fourth-order valence-corrected chi connectivity index (χ4v) is 8.82. The number of nitrogens with one attached hydrogen (secondary N) is 2. The van der Waals surface area contributed by atoms with Crippen molar-refractivity contribution in [2.45, 2.75) is 44.6 Å². The monoisotopic (exact) mass is 973 g/mol. The number of methoxy groups -OCH3 is 2. The number of fused-ring (bicyclic) bond motifs is 2. The molecule has 0 aliphatic carbocycles. The highest BCUT2D eigenvalue weighted by molar-refractivity contribution is 6.37. The summed E-state index contributed by atoms with van der Waals surface area (Å²) in [5.41, 5.74) is 3.17. The van der Waals surface area contributed by atoms with Crippen molar-refractivity contribution in [2.75, 3.05) is 98.5 Å². The largest absolute Gasteiger partial charge is 0.495 e. The summed E-state index contributed by atoms with van der Waals surface area (Å²) in [5.74, 6) is -0.608. The molecule has 18 nitrogen and oxygen atoms in total. The number of aryl methyl sites for hydroxylation is 1. The summed E-state index contributed by atoms with van der Waals surface area (Å²) < 4.78 is 34.2. The van der Waals surface area contributed by atoms with E-state index in [0.717, 1.165) is 31.0 Å². The lowest BCUT2D eigenvalue weighted by Gasteiger charge is -2.34. The molecule has 1 aromatic heterocycles. The van der Waals surface area contributed by atoms with E-state index in [0.29, 0.717) is 138 Å². The topological polar surface area (TPSA) is 211 Å². The van der Waals surface area contributed by atoms with Crippen molar-refractivity contribution >= 4 is 75.0 Å². The number of halogens is 2. The van der Waals surface area contributed by atoms with E-state index in [4.69, 9.17) is 51.6 Å². The van der Waals surface area contributed by atoms with Gasteiger partial charge in [0.1, 0.15) is 17.9 Å². The van der Waals surface area contributed by atoms with Crippen LogP contribution >= 0.6 is 23.2 Å². The molecule has 7 rings (SSSR count). The van der Waals surface area contributed by atoms with Crippen LogP contribution in [0.5, 0.6) is 17.2 Å². The number of piperazine rings is 1. The molecule has 2 N–H and O–H groups in total. The van der Waals surface area contributed by atoms with E-state index in [2.05, 4.69) is 26.6 Å². The third kappa shape index (κ3) is 12.0. The van der Waals surface area contributed by atoms with Crippen LogP contribution in [0, 0.1) is 11.3 Å². The van der Waals surface area contributed by atoms with Crippen LogP contribution in [0.15, 0.2) is 48.7 Å². The van der Waals surface area contributed by atoms with Crippen molar-refractivity contribution in [3.8, 4) is 23.3 Å². The van der Waals surface area contributed by atoms with E-state index >= 15 is 0 Å². The quantitative estimate of drug-likeness (QED) is 0.0689. The Labute approximate surface area is 403 Å². The fraction of sp³-hybridized carbons (Fsp3) is 0.438. The first-order valence-electron chi connectivity index (χ1n) is 22.4. The maximum absolute atomic E-state index is 13.3. The minimum absolute atomic E-state index is 0.0543. The van der Waals surface area contributed by atoms with Gasteiger partial charge in [0.25, 0.3) is 11.8 Å². The summed E-state index contributed by atoms with van der Waals surface area (Å²) in [7, 11) is 3.06. The van der Waals surface area contributed by atoms with E-state index in [-0.39, 0.29) is 30.7 Å². The maximum Gasteiger partial charge on any atom is 0.262 e. The third-order valence-electron chi connectivity index (χ3n) is 11.9. The molecule has 2 saturated heterocycles. The number of nitrogens with zero attached hydrogens (tertiary/aromatic N) is 5. The van der Waals surface area contributed by atoms with Crippen LogP contribution < -0.4 is 24.8 Å². The molecule has 3 aliphatic heterocycles. The number of carbonyl (C=O) groups excluding carboxylic acids is 5. The number of hydrogen-bond acceptors (Lipinski definition) is 15. The number of anilines is 2. The molecule has 2 fully saturated rings. The van der Waals surface area contributed by atoms with Gasteiger partial charge in [-0.2, -0.15) is 5.26 Å². The van der Waals surface area contributed by atoms with Crippen LogP contribution in [0.1, 0.15) is 63.9 Å². The summed E-state index contributed by atoms with van der Waals surface area (Å²) in [6.07, 6.45) is 3.81. The zero-order valence-electron chi connectivity index (χ0n) is 37.9. The molecule has 3 aromatic carbocycles. The molecular formula is C48H53Cl2N7O11. The number of carbonyl (C=O) groups is 5. The van der Waals surface area contributed by atoms with Crippen molar-refractivity contribution < 1.29 is 52.4 Å². The Morgan fingerprint density at radius 2 is 1.59 bits per heavy atom. The molecule has 4 aromatic rings. The highest BCUT2D eigenvalue weighted by Gasteiger charge is 2.45. The Kier molecular flexibility index (Phi) is 17.4. The van der Waals surface area contributed by atoms with Crippen molar-refractivity contribution in [1.29, 1.82) is 5.26 Å². The van der Waals surface area contributed by atoms with Gasteiger partial charge in [-0.05, 0) is 49.4 Å². The van der Waals surface area contributed by atoms with Crippen LogP contribution in [0.3, 0.4) is 0 Å². The zero-order valence-corrected chi connectivity index (χ0v) is 39.4. The highest BCUT2D eigenvalue weighted by Crippen LogP contribution is 2.40. The Balaban J connectivity index is 0.733. The second-order valence-corrected chi connectivity index (χ2v) is 17.0. The lowest BCUT2D eigenvalue weighted by molar-refractivity contribution is -0.136. The number of benzene rings is 3. The number of rotatable bonds is 23. The number of ether oxygens (including phenoxy) is 6. The Bertz CT molecular complexity index is 2570. The smallest absolute Gasteiger partial charge is 0.262 e. The predicted molar refractivity (Wildman–Crippen MR) is 251 cm³/mol. The van der Waals surface area contributed by atoms with Gasteiger partial charge >= 0.3 is 0 Å². The number of pyridine rings is 1. The van der Waals surface area contributed by atoms with Gasteiger partial charge in [-0.3, -0.25) is 44.1 Å².